The van der Waals surface area contributed by atoms with Crippen molar-refractivity contribution in [3.8, 4) is 0 Å². The molecule has 2 N–H and O–H groups in total. The fourth-order valence-electron chi connectivity index (χ4n) is 0.928. The summed E-state index contributed by atoms with van der Waals surface area (Å²) in [4.78, 5) is 14.6. The number of nitrogens with one attached hydrogen (secondary N) is 1. The van der Waals surface area contributed by atoms with Crippen LogP contribution in [0.15, 0.2) is 11.6 Å². The van der Waals surface area contributed by atoms with Crippen LogP contribution in [0.3, 0.4) is 0 Å². The van der Waals surface area contributed by atoms with Crippen LogP contribution in [0.5, 0.6) is 0 Å². The Morgan fingerprint density at radius 1 is 1.85 bits per heavy atom. The van der Waals surface area contributed by atoms with Crippen LogP contribution in [0, 0.1) is 5.92 Å². The van der Waals surface area contributed by atoms with Gasteiger partial charge in [-0.3, -0.25) is 4.79 Å². The number of aromatic nitrogens is 1. The molecular formula is C8H12N2O2S. The lowest BCUT2D eigenvalue weighted by molar-refractivity contribution is -0.141. The Bertz CT molecular complexity index is 261. The van der Waals surface area contributed by atoms with Crippen molar-refractivity contribution < 1.29 is 9.90 Å². The second kappa shape index (κ2) is 4.81. The average Bonchev–Trinajstić information content (AvgIpc) is 2.57. The minimum Gasteiger partial charge on any atom is -0.481 e. The van der Waals surface area contributed by atoms with Gasteiger partial charge < -0.3 is 10.4 Å². The maximum Gasteiger partial charge on any atom is 0.308 e. The maximum absolute atomic E-state index is 10.6. The summed E-state index contributed by atoms with van der Waals surface area (Å²) in [5.41, 5.74) is 0. The molecule has 0 spiro atoms. The van der Waals surface area contributed by atoms with Gasteiger partial charge in [0, 0.05) is 18.1 Å². The SMILES string of the molecule is CCC(CNc1nccs1)C(=O)O. The Morgan fingerprint density at radius 2 is 2.62 bits per heavy atom. The van der Waals surface area contributed by atoms with Gasteiger partial charge in [-0.05, 0) is 6.42 Å². The van der Waals surface area contributed by atoms with E-state index in [1.165, 1.54) is 11.3 Å². The molecule has 0 amide bonds. The van der Waals surface area contributed by atoms with Crippen molar-refractivity contribution in [1.29, 1.82) is 0 Å². The van der Waals surface area contributed by atoms with Gasteiger partial charge in [0.15, 0.2) is 5.13 Å². The Labute approximate surface area is 80.6 Å². The van der Waals surface area contributed by atoms with Crippen molar-refractivity contribution in [2.24, 2.45) is 5.92 Å². The molecular weight excluding hydrogens is 188 g/mol. The first-order chi connectivity index (χ1) is 6.24. The van der Waals surface area contributed by atoms with Crippen LogP contribution in [0.25, 0.3) is 0 Å². The standard InChI is InChI=1S/C8H12N2O2S/c1-2-6(7(11)12)5-10-8-9-3-4-13-8/h3-4,6H,2,5H2,1H3,(H,9,10)(H,11,12). The van der Waals surface area contributed by atoms with Crippen molar-refractivity contribution >= 4 is 22.4 Å². The molecule has 0 aliphatic heterocycles. The van der Waals surface area contributed by atoms with Crippen molar-refractivity contribution in [3.63, 3.8) is 0 Å². The monoisotopic (exact) mass is 200 g/mol. The quantitative estimate of drug-likeness (QED) is 0.759. The number of carboxylic acid groups (broad SMARTS) is 1. The number of hydrogen-bond acceptors (Lipinski definition) is 4. The largest absolute Gasteiger partial charge is 0.481 e. The molecule has 1 rings (SSSR count). The predicted molar refractivity (Wildman–Crippen MR) is 52.0 cm³/mol. The summed E-state index contributed by atoms with van der Waals surface area (Å²) in [6.45, 7) is 2.31. The van der Waals surface area contributed by atoms with E-state index in [0.29, 0.717) is 13.0 Å². The van der Waals surface area contributed by atoms with Gasteiger partial charge in [0.05, 0.1) is 5.92 Å². The van der Waals surface area contributed by atoms with E-state index < -0.39 is 5.97 Å². The van der Waals surface area contributed by atoms with Gasteiger partial charge >= 0.3 is 5.97 Å². The van der Waals surface area contributed by atoms with Gasteiger partial charge in [0.2, 0.25) is 0 Å². The third-order valence-corrected chi connectivity index (χ3v) is 2.50. The summed E-state index contributed by atoms with van der Waals surface area (Å²) >= 11 is 1.47. The van der Waals surface area contributed by atoms with Crippen LogP contribution >= 0.6 is 11.3 Å². The molecule has 0 saturated heterocycles. The molecule has 1 atom stereocenters. The van der Waals surface area contributed by atoms with E-state index in [1.807, 2.05) is 12.3 Å². The topological polar surface area (TPSA) is 62.2 Å². The van der Waals surface area contributed by atoms with Crippen LogP contribution in [0.1, 0.15) is 13.3 Å². The van der Waals surface area contributed by atoms with Crippen LogP contribution in [-0.2, 0) is 4.79 Å². The first kappa shape index (κ1) is 9.98. The zero-order valence-corrected chi connectivity index (χ0v) is 8.17. The molecule has 4 nitrogen and oxygen atoms in total. The second-order valence-corrected chi connectivity index (χ2v) is 3.56. The van der Waals surface area contributed by atoms with E-state index in [-0.39, 0.29) is 5.92 Å². The number of anilines is 1. The molecule has 72 valence electrons. The molecule has 0 aromatic carbocycles. The summed E-state index contributed by atoms with van der Waals surface area (Å²) in [5.74, 6) is -1.09. The molecule has 1 aromatic rings. The zero-order chi connectivity index (χ0) is 9.68. The van der Waals surface area contributed by atoms with E-state index in [0.717, 1.165) is 5.13 Å². The highest BCUT2D eigenvalue weighted by atomic mass is 32.1. The highest BCUT2D eigenvalue weighted by molar-refractivity contribution is 7.13. The molecule has 5 heteroatoms. The first-order valence-corrected chi connectivity index (χ1v) is 4.98. The van der Waals surface area contributed by atoms with E-state index in [4.69, 9.17) is 5.11 Å². The van der Waals surface area contributed by atoms with E-state index >= 15 is 0 Å². The van der Waals surface area contributed by atoms with Crippen LogP contribution in [0.2, 0.25) is 0 Å². The molecule has 0 radical (unpaired) electrons. The minimum atomic E-state index is -0.758. The second-order valence-electron chi connectivity index (χ2n) is 2.66. The number of thiazole rings is 1. The fourth-order valence-corrected chi connectivity index (χ4v) is 1.47. The molecule has 0 saturated carbocycles. The lowest BCUT2D eigenvalue weighted by Crippen LogP contribution is -2.21. The molecule has 0 bridgehead atoms. The maximum atomic E-state index is 10.6. The summed E-state index contributed by atoms with van der Waals surface area (Å²) in [6.07, 6.45) is 2.32. The van der Waals surface area contributed by atoms with Gasteiger partial charge in [-0.25, -0.2) is 4.98 Å². The summed E-state index contributed by atoms with van der Waals surface area (Å²) < 4.78 is 0. The number of nitrogens with zero attached hydrogens (tertiary/aromatic N) is 1. The highest BCUT2D eigenvalue weighted by Gasteiger charge is 2.14. The minimum absolute atomic E-state index is 0.330. The van der Waals surface area contributed by atoms with Crippen LogP contribution in [-0.4, -0.2) is 22.6 Å². The van der Waals surface area contributed by atoms with Crippen LogP contribution in [0.4, 0.5) is 5.13 Å². The normalized spacial score (nSPS) is 12.4. The van der Waals surface area contributed by atoms with Gasteiger partial charge in [0.1, 0.15) is 0 Å². The van der Waals surface area contributed by atoms with Crippen molar-refractivity contribution in [2.45, 2.75) is 13.3 Å². The molecule has 0 fully saturated rings. The summed E-state index contributed by atoms with van der Waals surface area (Å²) in [5, 5.41) is 14.4. The Kier molecular flexibility index (Phi) is 3.70. The van der Waals surface area contributed by atoms with Crippen molar-refractivity contribution in [1.82, 2.24) is 4.98 Å². The van der Waals surface area contributed by atoms with Gasteiger partial charge in [0.25, 0.3) is 0 Å². The fraction of sp³-hybridized carbons (Fsp3) is 0.500. The zero-order valence-electron chi connectivity index (χ0n) is 7.36. The molecule has 1 aromatic heterocycles. The van der Waals surface area contributed by atoms with E-state index in [2.05, 4.69) is 10.3 Å². The predicted octanol–water partition coefficient (Wildman–Crippen LogP) is 1.67. The summed E-state index contributed by atoms with van der Waals surface area (Å²) in [6, 6.07) is 0. The molecule has 1 heterocycles. The van der Waals surface area contributed by atoms with E-state index in [9.17, 15) is 4.79 Å². The van der Waals surface area contributed by atoms with Crippen molar-refractivity contribution in [2.75, 3.05) is 11.9 Å². The summed E-state index contributed by atoms with van der Waals surface area (Å²) in [7, 11) is 0. The third kappa shape index (κ3) is 3.02. The number of carbonyl (C=O) groups is 1. The Morgan fingerprint density at radius 3 is 3.08 bits per heavy atom. The van der Waals surface area contributed by atoms with Gasteiger partial charge in [-0.2, -0.15) is 0 Å². The smallest absolute Gasteiger partial charge is 0.308 e. The molecule has 1 unspecified atom stereocenters. The van der Waals surface area contributed by atoms with Crippen molar-refractivity contribution in [3.05, 3.63) is 11.6 Å². The number of rotatable bonds is 5. The van der Waals surface area contributed by atoms with E-state index in [1.54, 1.807) is 6.20 Å². The van der Waals surface area contributed by atoms with Crippen LogP contribution < -0.4 is 5.32 Å². The molecule has 0 aliphatic carbocycles. The first-order valence-electron chi connectivity index (χ1n) is 4.10. The Hall–Kier alpha value is -1.10. The molecule has 0 aliphatic rings. The number of aliphatic carboxylic acids is 1. The average molecular weight is 200 g/mol. The third-order valence-electron chi connectivity index (χ3n) is 1.77. The molecule has 13 heavy (non-hydrogen) atoms. The highest BCUT2D eigenvalue weighted by Crippen LogP contribution is 2.12. The van der Waals surface area contributed by atoms with Gasteiger partial charge in [-0.15, -0.1) is 11.3 Å². The lowest BCUT2D eigenvalue weighted by atomic mass is 10.1. The number of carboxylic acids is 1. The Balaban J connectivity index is 2.36. The lowest BCUT2D eigenvalue weighted by Gasteiger charge is -2.09. The number of hydrogen-bond donors (Lipinski definition) is 2. The van der Waals surface area contributed by atoms with Gasteiger partial charge in [-0.1, -0.05) is 6.92 Å².